The van der Waals surface area contributed by atoms with E-state index < -0.39 is 0 Å². The molecule has 0 saturated carbocycles. The van der Waals surface area contributed by atoms with E-state index in [0.29, 0.717) is 13.0 Å². The number of rotatable bonds is 3. The summed E-state index contributed by atoms with van der Waals surface area (Å²) in [6.07, 6.45) is 2.39. The van der Waals surface area contributed by atoms with Gasteiger partial charge in [0.2, 0.25) is 0 Å². The Morgan fingerprint density at radius 1 is 1.50 bits per heavy atom. The molecule has 0 bridgehead atoms. The summed E-state index contributed by atoms with van der Waals surface area (Å²) in [5.74, 6) is 1.70. The first-order valence-corrected chi connectivity index (χ1v) is 5.29. The third kappa shape index (κ3) is 1.94. The van der Waals surface area contributed by atoms with Crippen molar-refractivity contribution >= 4 is 11.9 Å². The lowest BCUT2D eigenvalue weighted by molar-refractivity contribution is -0.115. The molecule has 0 aromatic heterocycles. The lowest BCUT2D eigenvalue weighted by Gasteiger charge is -2.17. The fraction of sp³-hybridized carbons (Fsp3) is 0.308. The minimum Gasteiger partial charge on any atom is -0.497 e. The average molecular weight is 218 g/mol. The number of carbonyl (C=O) groups is 1. The summed E-state index contributed by atoms with van der Waals surface area (Å²) >= 11 is 0. The topological polar surface area (TPSA) is 35.5 Å². The molecule has 3 heteroatoms. The maximum atomic E-state index is 11.6. The van der Waals surface area contributed by atoms with Gasteiger partial charge in [0.05, 0.1) is 7.11 Å². The van der Waals surface area contributed by atoms with Crippen molar-refractivity contribution in [2.45, 2.75) is 13.3 Å². The number of benzene rings is 1. The molecule has 0 saturated heterocycles. The van der Waals surface area contributed by atoms with Crippen LogP contribution in [-0.2, 0) is 4.79 Å². The van der Waals surface area contributed by atoms with E-state index in [-0.39, 0.29) is 5.78 Å². The van der Waals surface area contributed by atoms with Gasteiger partial charge >= 0.3 is 0 Å². The van der Waals surface area contributed by atoms with Gasteiger partial charge in [0.15, 0.2) is 5.78 Å². The first-order valence-electron chi connectivity index (χ1n) is 5.29. The van der Waals surface area contributed by atoms with Crippen LogP contribution in [0.4, 0.5) is 0 Å². The molecule has 1 aromatic rings. The standard InChI is InChI=1S/C13H14O3/c1-3-12(14)10-6-9-7-11(15-2)4-5-13(9)16-8-10/h4-7H,3,8H2,1-2H3. The number of ether oxygens (including phenoxy) is 2. The smallest absolute Gasteiger partial charge is 0.162 e. The van der Waals surface area contributed by atoms with E-state index in [1.54, 1.807) is 7.11 Å². The molecule has 0 N–H and O–H groups in total. The van der Waals surface area contributed by atoms with Crippen LogP contribution < -0.4 is 9.47 Å². The van der Waals surface area contributed by atoms with E-state index in [1.165, 1.54) is 0 Å². The number of carbonyl (C=O) groups excluding carboxylic acids is 1. The van der Waals surface area contributed by atoms with Crippen molar-refractivity contribution in [3.63, 3.8) is 0 Å². The van der Waals surface area contributed by atoms with Crippen LogP contribution in [0.25, 0.3) is 6.08 Å². The molecule has 1 aromatic carbocycles. The summed E-state index contributed by atoms with van der Waals surface area (Å²) in [4.78, 5) is 11.6. The second-order valence-corrected chi connectivity index (χ2v) is 3.64. The van der Waals surface area contributed by atoms with Gasteiger partial charge in [-0.15, -0.1) is 0 Å². The maximum absolute atomic E-state index is 11.6. The van der Waals surface area contributed by atoms with Gasteiger partial charge in [-0.3, -0.25) is 4.79 Å². The molecule has 0 aliphatic carbocycles. The van der Waals surface area contributed by atoms with Crippen LogP contribution in [0, 0.1) is 0 Å². The number of fused-ring (bicyclic) bond motifs is 1. The summed E-state index contributed by atoms with van der Waals surface area (Å²) in [5.41, 5.74) is 1.63. The summed E-state index contributed by atoms with van der Waals surface area (Å²) in [6.45, 7) is 2.22. The minimum absolute atomic E-state index is 0.133. The molecule has 0 atom stereocenters. The highest BCUT2D eigenvalue weighted by Gasteiger charge is 2.16. The van der Waals surface area contributed by atoms with Crippen LogP contribution in [0.3, 0.4) is 0 Å². The molecule has 0 spiro atoms. The molecule has 1 aliphatic heterocycles. The van der Waals surface area contributed by atoms with E-state index in [2.05, 4.69) is 0 Å². The molecule has 0 unspecified atom stereocenters. The Labute approximate surface area is 94.7 Å². The monoisotopic (exact) mass is 218 g/mol. The summed E-state index contributed by atoms with van der Waals surface area (Å²) in [5, 5.41) is 0. The highest BCUT2D eigenvalue weighted by atomic mass is 16.5. The molecule has 1 heterocycles. The first kappa shape index (κ1) is 10.7. The molecular weight excluding hydrogens is 204 g/mol. The van der Waals surface area contributed by atoms with Gasteiger partial charge in [-0.1, -0.05) is 6.92 Å². The maximum Gasteiger partial charge on any atom is 0.162 e. The average Bonchev–Trinajstić information content (AvgIpc) is 2.36. The van der Waals surface area contributed by atoms with Crippen LogP contribution in [0.1, 0.15) is 18.9 Å². The van der Waals surface area contributed by atoms with Crippen LogP contribution in [0.5, 0.6) is 11.5 Å². The Morgan fingerprint density at radius 2 is 2.31 bits per heavy atom. The third-order valence-corrected chi connectivity index (χ3v) is 2.61. The predicted molar refractivity (Wildman–Crippen MR) is 61.8 cm³/mol. The van der Waals surface area contributed by atoms with E-state index in [4.69, 9.17) is 9.47 Å². The van der Waals surface area contributed by atoms with Gasteiger partial charge in [-0.2, -0.15) is 0 Å². The zero-order valence-corrected chi connectivity index (χ0v) is 9.45. The van der Waals surface area contributed by atoms with Crippen molar-refractivity contribution in [1.82, 2.24) is 0 Å². The van der Waals surface area contributed by atoms with E-state index in [0.717, 1.165) is 22.6 Å². The normalized spacial score (nSPS) is 13.5. The van der Waals surface area contributed by atoms with Crippen molar-refractivity contribution in [1.29, 1.82) is 0 Å². The van der Waals surface area contributed by atoms with Crippen molar-refractivity contribution < 1.29 is 14.3 Å². The second-order valence-electron chi connectivity index (χ2n) is 3.64. The SMILES string of the molecule is CCC(=O)C1=Cc2cc(OC)ccc2OC1. The Bertz CT molecular complexity index is 446. The van der Waals surface area contributed by atoms with Gasteiger partial charge in [-0.25, -0.2) is 0 Å². The first-order chi connectivity index (χ1) is 7.74. The Balaban J connectivity index is 2.37. The van der Waals surface area contributed by atoms with Crippen LogP contribution in [0.2, 0.25) is 0 Å². The molecule has 0 fully saturated rings. The van der Waals surface area contributed by atoms with Crippen molar-refractivity contribution in [3.8, 4) is 11.5 Å². The molecular formula is C13H14O3. The van der Waals surface area contributed by atoms with Gasteiger partial charge in [0.1, 0.15) is 18.1 Å². The predicted octanol–water partition coefficient (Wildman–Crippen LogP) is 2.45. The lowest BCUT2D eigenvalue weighted by atomic mass is 10.0. The largest absolute Gasteiger partial charge is 0.497 e. The van der Waals surface area contributed by atoms with Gasteiger partial charge in [0.25, 0.3) is 0 Å². The summed E-state index contributed by atoms with van der Waals surface area (Å²) < 4.78 is 10.6. The quantitative estimate of drug-likeness (QED) is 0.781. The Hall–Kier alpha value is -1.77. The lowest BCUT2D eigenvalue weighted by Crippen LogP contribution is -2.14. The van der Waals surface area contributed by atoms with Crippen LogP contribution in [-0.4, -0.2) is 19.5 Å². The number of ketones is 1. The van der Waals surface area contributed by atoms with Crippen molar-refractivity contribution in [2.24, 2.45) is 0 Å². The minimum atomic E-state index is 0.133. The zero-order chi connectivity index (χ0) is 11.5. The highest BCUT2D eigenvalue weighted by molar-refractivity contribution is 6.00. The Morgan fingerprint density at radius 3 is 3.00 bits per heavy atom. The molecule has 0 radical (unpaired) electrons. The Kier molecular flexibility index (Phi) is 2.95. The third-order valence-electron chi connectivity index (χ3n) is 2.61. The van der Waals surface area contributed by atoms with Gasteiger partial charge in [-0.05, 0) is 24.3 Å². The second kappa shape index (κ2) is 4.39. The van der Waals surface area contributed by atoms with Gasteiger partial charge in [0, 0.05) is 17.6 Å². The highest BCUT2D eigenvalue weighted by Crippen LogP contribution is 2.30. The van der Waals surface area contributed by atoms with Gasteiger partial charge < -0.3 is 9.47 Å². The summed E-state index contributed by atoms with van der Waals surface area (Å²) in [6, 6.07) is 5.58. The molecule has 3 nitrogen and oxygen atoms in total. The van der Waals surface area contributed by atoms with E-state index >= 15 is 0 Å². The fourth-order valence-corrected chi connectivity index (χ4v) is 1.67. The van der Waals surface area contributed by atoms with Crippen molar-refractivity contribution in [3.05, 3.63) is 29.3 Å². The zero-order valence-electron chi connectivity index (χ0n) is 9.45. The molecule has 16 heavy (non-hydrogen) atoms. The molecule has 84 valence electrons. The van der Waals surface area contributed by atoms with E-state index in [1.807, 2.05) is 31.2 Å². The number of hydrogen-bond acceptors (Lipinski definition) is 3. The number of methoxy groups -OCH3 is 1. The van der Waals surface area contributed by atoms with E-state index in [9.17, 15) is 4.79 Å². The van der Waals surface area contributed by atoms with Crippen LogP contribution >= 0.6 is 0 Å². The number of Topliss-reactive ketones (excluding diaryl/α,β-unsaturated/α-hetero) is 1. The fourth-order valence-electron chi connectivity index (χ4n) is 1.67. The van der Waals surface area contributed by atoms with Crippen molar-refractivity contribution in [2.75, 3.05) is 13.7 Å². The molecule has 1 aliphatic rings. The van der Waals surface area contributed by atoms with Crippen LogP contribution in [0.15, 0.2) is 23.8 Å². The summed E-state index contributed by atoms with van der Waals surface area (Å²) in [7, 11) is 1.62. The molecule has 0 amide bonds. The number of hydrogen-bond donors (Lipinski definition) is 0. The molecule has 2 rings (SSSR count).